The van der Waals surface area contributed by atoms with Gasteiger partial charge in [-0.25, -0.2) is 0 Å². The predicted octanol–water partition coefficient (Wildman–Crippen LogP) is 2.85. The van der Waals surface area contributed by atoms with Crippen molar-refractivity contribution >= 4 is 17.8 Å². The van der Waals surface area contributed by atoms with E-state index in [1.54, 1.807) is 28.0 Å². The quantitative estimate of drug-likeness (QED) is 0.582. The van der Waals surface area contributed by atoms with Gasteiger partial charge in [0, 0.05) is 25.6 Å². The number of benzene rings is 2. The minimum atomic E-state index is -1.07. The highest BCUT2D eigenvalue weighted by Crippen LogP contribution is 2.50. The summed E-state index contributed by atoms with van der Waals surface area (Å²) in [5, 5.41) is 0. The smallest absolute Gasteiger partial charge is 0.304 e. The number of fused-ring (bicyclic) bond motifs is 2. The topological polar surface area (TPSA) is 66.9 Å². The van der Waals surface area contributed by atoms with Crippen molar-refractivity contribution in [3.8, 4) is 0 Å². The number of nitrogens with zero attached hydrogens (tertiary/aromatic N) is 2. The zero-order valence-electron chi connectivity index (χ0n) is 16.2. The Kier molecular flexibility index (Phi) is 4.70. The highest BCUT2D eigenvalue weighted by atomic mass is 16.6. The van der Waals surface area contributed by atoms with E-state index in [0.717, 1.165) is 5.56 Å². The lowest BCUT2D eigenvalue weighted by atomic mass is 9.86. The van der Waals surface area contributed by atoms with E-state index in [1.165, 1.54) is 6.92 Å². The summed E-state index contributed by atoms with van der Waals surface area (Å²) in [7, 11) is 0. The van der Waals surface area contributed by atoms with Crippen LogP contribution >= 0.6 is 0 Å². The number of hydrogen-bond acceptors (Lipinski definition) is 4. The summed E-state index contributed by atoms with van der Waals surface area (Å²) in [5.74, 6) is -0.858. The van der Waals surface area contributed by atoms with Crippen LogP contribution in [0.4, 0.5) is 0 Å². The Labute approximate surface area is 169 Å². The molecule has 0 unspecified atom stereocenters. The normalized spacial score (nSPS) is 22.9. The van der Waals surface area contributed by atoms with Crippen LogP contribution in [-0.4, -0.2) is 40.4 Å². The summed E-state index contributed by atoms with van der Waals surface area (Å²) < 4.78 is 5.72. The first-order valence-corrected chi connectivity index (χ1v) is 9.52. The molecule has 0 aromatic heterocycles. The summed E-state index contributed by atoms with van der Waals surface area (Å²) >= 11 is 0. The zero-order valence-corrected chi connectivity index (χ0v) is 16.2. The van der Waals surface area contributed by atoms with Gasteiger partial charge in [0.1, 0.15) is 5.54 Å². The van der Waals surface area contributed by atoms with Crippen molar-refractivity contribution in [2.24, 2.45) is 0 Å². The van der Waals surface area contributed by atoms with Gasteiger partial charge in [-0.2, -0.15) is 0 Å². The van der Waals surface area contributed by atoms with E-state index in [-0.39, 0.29) is 31.3 Å². The van der Waals surface area contributed by atoms with Crippen molar-refractivity contribution in [1.82, 2.24) is 9.80 Å². The second-order valence-electron chi connectivity index (χ2n) is 7.32. The number of carbonyl (C=O) groups is 3. The fraction of sp³-hybridized carbons (Fsp3) is 0.261. The highest BCUT2D eigenvalue weighted by molar-refractivity contribution is 6.02. The second kappa shape index (κ2) is 7.20. The lowest BCUT2D eigenvalue weighted by Crippen LogP contribution is -2.54. The Morgan fingerprint density at radius 2 is 1.86 bits per heavy atom. The van der Waals surface area contributed by atoms with Gasteiger partial charge in [0.2, 0.25) is 12.1 Å². The summed E-state index contributed by atoms with van der Waals surface area (Å²) in [4.78, 5) is 41.5. The Balaban J connectivity index is 1.85. The maximum atomic E-state index is 13.2. The molecule has 1 saturated heterocycles. The van der Waals surface area contributed by atoms with Crippen LogP contribution in [0.5, 0.6) is 0 Å². The molecule has 0 bridgehead atoms. The number of esters is 1. The number of ether oxygens (including phenoxy) is 1. The summed E-state index contributed by atoms with van der Waals surface area (Å²) in [5.41, 5.74) is 1.09. The van der Waals surface area contributed by atoms with E-state index in [4.69, 9.17) is 4.74 Å². The molecule has 29 heavy (non-hydrogen) atoms. The molecule has 148 valence electrons. The largest absolute Gasteiger partial charge is 0.439 e. The van der Waals surface area contributed by atoms with Crippen LogP contribution in [0.1, 0.15) is 34.8 Å². The number of hydrogen-bond donors (Lipinski definition) is 0. The third-order valence-electron chi connectivity index (χ3n) is 5.57. The molecule has 0 aliphatic carbocycles. The molecular formula is C23H22N2O4. The highest BCUT2D eigenvalue weighted by Gasteiger charge is 2.63. The molecule has 0 N–H and O–H groups in total. The maximum Gasteiger partial charge on any atom is 0.304 e. The van der Waals surface area contributed by atoms with Gasteiger partial charge >= 0.3 is 5.97 Å². The summed E-state index contributed by atoms with van der Waals surface area (Å²) in [6.45, 7) is 5.62. The van der Waals surface area contributed by atoms with Gasteiger partial charge in [-0.3, -0.25) is 14.4 Å². The molecule has 2 aliphatic rings. The number of amides is 2. The van der Waals surface area contributed by atoms with E-state index in [0.29, 0.717) is 11.1 Å². The van der Waals surface area contributed by atoms with Crippen molar-refractivity contribution < 1.29 is 19.1 Å². The van der Waals surface area contributed by atoms with Gasteiger partial charge in [-0.15, -0.1) is 6.58 Å². The van der Waals surface area contributed by atoms with Crippen LogP contribution < -0.4 is 0 Å². The molecule has 1 fully saturated rings. The Morgan fingerprint density at radius 1 is 1.17 bits per heavy atom. The number of rotatable bonds is 5. The molecule has 0 radical (unpaired) electrons. The lowest BCUT2D eigenvalue weighted by molar-refractivity contribution is -0.167. The Morgan fingerprint density at radius 3 is 2.55 bits per heavy atom. The van der Waals surface area contributed by atoms with E-state index < -0.39 is 17.7 Å². The van der Waals surface area contributed by atoms with Gasteiger partial charge in [0.15, 0.2) is 0 Å². The van der Waals surface area contributed by atoms with Crippen LogP contribution in [0.15, 0.2) is 67.3 Å². The predicted molar refractivity (Wildman–Crippen MR) is 107 cm³/mol. The molecule has 2 heterocycles. The van der Waals surface area contributed by atoms with E-state index in [2.05, 4.69) is 6.58 Å². The van der Waals surface area contributed by atoms with Crippen LogP contribution in [0.25, 0.3) is 0 Å². The maximum absolute atomic E-state index is 13.2. The molecule has 6 nitrogen and oxygen atoms in total. The van der Waals surface area contributed by atoms with Crippen molar-refractivity contribution in [3.63, 3.8) is 0 Å². The van der Waals surface area contributed by atoms with Gasteiger partial charge in [0.25, 0.3) is 5.91 Å². The number of likely N-dealkylation sites (tertiary alicyclic amines) is 1. The van der Waals surface area contributed by atoms with E-state index in [1.807, 2.05) is 42.5 Å². The minimum Gasteiger partial charge on any atom is -0.439 e. The fourth-order valence-corrected chi connectivity index (χ4v) is 4.43. The van der Waals surface area contributed by atoms with Crippen molar-refractivity contribution in [1.29, 1.82) is 0 Å². The number of carbonyl (C=O) groups excluding carboxylic acids is 3. The Bertz CT molecular complexity index is 987. The van der Waals surface area contributed by atoms with Crippen molar-refractivity contribution in [2.45, 2.75) is 31.7 Å². The molecule has 2 aromatic rings. The first kappa shape index (κ1) is 18.9. The van der Waals surface area contributed by atoms with Gasteiger partial charge in [-0.05, 0) is 17.2 Å². The van der Waals surface area contributed by atoms with Crippen LogP contribution in [0.2, 0.25) is 0 Å². The molecule has 6 heteroatoms. The standard InChI is InChI=1S/C23H22N2O4/c1-3-13-25-21(28)18-11-7-8-12-19(18)23(25)14-20(27)24(22(23)29-16(2)26)15-17-9-5-4-6-10-17/h3-12,22H,1,13-15H2,2H3/t22-,23-/m1/s1. The summed E-state index contributed by atoms with van der Waals surface area (Å²) in [6, 6.07) is 16.7. The van der Waals surface area contributed by atoms with Crippen molar-refractivity contribution in [2.75, 3.05) is 6.54 Å². The second-order valence-corrected chi connectivity index (χ2v) is 7.32. The summed E-state index contributed by atoms with van der Waals surface area (Å²) in [6.07, 6.45) is 0.759. The third-order valence-corrected chi connectivity index (χ3v) is 5.57. The lowest BCUT2D eigenvalue weighted by Gasteiger charge is -2.40. The third kappa shape index (κ3) is 2.92. The average Bonchev–Trinajstić information content (AvgIpc) is 3.11. The molecular weight excluding hydrogens is 368 g/mol. The van der Waals surface area contributed by atoms with E-state index in [9.17, 15) is 14.4 Å². The molecule has 2 aliphatic heterocycles. The van der Waals surface area contributed by atoms with E-state index >= 15 is 0 Å². The van der Waals surface area contributed by atoms with Gasteiger partial charge in [0.05, 0.1) is 6.42 Å². The molecule has 4 rings (SSSR count). The van der Waals surface area contributed by atoms with Crippen LogP contribution in [0.3, 0.4) is 0 Å². The van der Waals surface area contributed by atoms with Gasteiger partial charge < -0.3 is 14.5 Å². The Hall–Kier alpha value is -3.41. The van der Waals surface area contributed by atoms with Gasteiger partial charge in [-0.1, -0.05) is 54.6 Å². The van der Waals surface area contributed by atoms with Crippen LogP contribution in [-0.2, 0) is 26.4 Å². The first-order chi connectivity index (χ1) is 14.0. The minimum absolute atomic E-state index is 0.0500. The molecule has 2 amide bonds. The zero-order chi connectivity index (χ0) is 20.6. The monoisotopic (exact) mass is 390 g/mol. The molecule has 1 spiro atoms. The van der Waals surface area contributed by atoms with Crippen LogP contribution in [0, 0.1) is 0 Å². The molecule has 2 atom stereocenters. The van der Waals surface area contributed by atoms with Crippen molar-refractivity contribution in [3.05, 3.63) is 83.9 Å². The molecule has 2 aromatic carbocycles. The molecule has 0 saturated carbocycles. The first-order valence-electron chi connectivity index (χ1n) is 9.52. The average molecular weight is 390 g/mol. The fourth-order valence-electron chi connectivity index (χ4n) is 4.43. The SMILES string of the molecule is C=CCN1C(=O)c2ccccc2[C@@]12CC(=O)N(Cc1ccccc1)[C@@H]2OC(C)=O.